The molecule has 0 amide bonds. The van der Waals surface area contributed by atoms with Crippen LogP contribution < -0.4 is 0 Å². The van der Waals surface area contributed by atoms with E-state index in [0.717, 1.165) is 0 Å². The van der Waals surface area contributed by atoms with E-state index in [2.05, 4.69) is 0 Å². The number of halogens is 1. The first-order valence-corrected chi connectivity index (χ1v) is 6.10. The minimum absolute atomic E-state index is 0.111. The second-order valence-corrected chi connectivity index (χ2v) is 5.47. The van der Waals surface area contributed by atoms with E-state index in [1.807, 2.05) is 27.7 Å². The zero-order valence-corrected chi connectivity index (χ0v) is 10.9. The lowest BCUT2D eigenvalue weighted by Crippen LogP contribution is -2.39. The van der Waals surface area contributed by atoms with E-state index in [9.17, 15) is 0 Å². The molecule has 2 saturated heterocycles. The molecule has 0 aromatic heterocycles. The summed E-state index contributed by atoms with van der Waals surface area (Å²) in [5.41, 5.74) is 0. The number of rotatable bonds is 2. The summed E-state index contributed by atoms with van der Waals surface area (Å²) in [4.78, 5) is 0. The third-order valence-corrected chi connectivity index (χ3v) is 3.07. The lowest BCUT2D eigenvalue weighted by atomic mass is 10.1. The normalized spacial score (nSPS) is 41.4. The van der Waals surface area contributed by atoms with Crippen molar-refractivity contribution in [3.05, 3.63) is 0 Å². The molecule has 2 heterocycles. The van der Waals surface area contributed by atoms with Crippen molar-refractivity contribution >= 4 is 11.6 Å². The highest BCUT2D eigenvalue weighted by atomic mass is 35.5. The summed E-state index contributed by atoms with van der Waals surface area (Å²) in [7, 11) is 0. The van der Waals surface area contributed by atoms with Crippen molar-refractivity contribution in [2.24, 2.45) is 0 Å². The van der Waals surface area contributed by atoms with Crippen LogP contribution >= 0.6 is 11.6 Å². The zero-order chi connectivity index (χ0) is 12.0. The monoisotopic (exact) mass is 250 g/mol. The van der Waals surface area contributed by atoms with Gasteiger partial charge in [0.1, 0.15) is 18.3 Å². The first kappa shape index (κ1) is 12.6. The Morgan fingerprint density at radius 2 is 1.75 bits per heavy atom. The zero-order valence-electron chi connectivity index (χ0n) is 10.2. The van der Waals surface area contributed by atoms with Gasteiger partial charge in [-0.15, -0.1) is 11.6 Å². The van der Waals surface area contributed by atoms with Crippen molar-refractivity contribution in [2.75, 3.05) is 12.5 Å². The average Bonchev–Trinajstić information content (AvgIpc) is 2.65. The molecule has 0 bridgehead atoms. The summed E-state index contributed by atoms with van der Waals surface area (Å²) in [6.07, 6.45) is -0.408. The Morgan fingerprint density at radius 1 is 1.06 bits per heavy atom. The van der Waals surface area contributed by atoms with Gasteiger partial charge in [-0.3, -0.25) is 0 Å². The predicted octanol–water partition coefficient (Wildman–Crippen LogP) is 1.90. The Labute approximate surface area is 101 Å². The van der Waals surface area contributed by atoms with Crippen molar-refractivity contribution in [2.45, 2.75) is 57.6 Å². The van der Waals surface area contributed by atoms with Crippen LogP contribution in [0.25, 0.3) is 0 Å². The van der Waals surface area contributed by atoms with E-state index in [1.165, 1.54) is 0 Å². The van der Waals surface area contributed by atoms with Gasteiger partial charge in [0.25, 0.3) is 0 Å². The summed E-state index contributed by atoms with van der Waals surface area (Å²) >= 11 is 5.88. The Balaban J connectivity index is 2.04. The van der Waals surface area contributed by atoms with E-state index >= 15 is 0 Å². The van der Waals surface area contributed by atoms with Gasteiger partial charge < -0.3 is 18.9 Å². The highest BCUT2D eigenvalue weighted by Gasteiger charge is 2.49. The molecule has 0 aromatic carbocycles. The Bertz CT molecular complexity index is 267. The van der Waals surface area contributed by atoms with E-state index in [1.54, 1.807) is 0 Å². The second-order valence-electron chi connectivity index (χ2n) is 5.16. The molecule has 2 aliphatic rings. The van der Waals surface area contributed by atoms with E-state index in [0.29, 0.717) is 12.5 Å². The minimum Gasteiger partial charge on any atom is -0.348 e. The van der Waals surface area contributed by atoms with Crippen molar-refractivity contribution in [1.82, 2.24) is 0 Å². The van der Waals surface area contributed by atoms with Crippen LogP contribution in [0.4, 0.5) is 0 Å². The average molecular weight is 251 g/mol. The molecule has 5 heteroatoms. The molecule has 0 aromatic rings. The lowest BCUT2D eigenvalue weighted by molar-refractivity contribution is -0.174. The van der Waals surface area contributed by atoms with Crippen LogP contribution in [-0.4, -0.2) is 42.4 Å². The molecule has 2 rings (SSSR count). The van der Waals surface area contributed by atoms with Crippen LogP contribution in [0.3, 0.4) is 0 Å². The summed E-state index contributed by atoms with van der Waals surface area (Å²) in [6, 6.07) is 0. The maximum absolute atomic E-state index is 5.88. The second kappa shape index (κ2) is 4.10. The van der Waals surface area contributed by atoms with Crippen LogP contribution in [0.15, 0.2) is 0 Å². The van der Waals surface area contributed by atoms with Crippen molar-refractivity contribution in [1.29, 1.82) is 0 Å². The first-order valence-electron chi connectivity index (χ1n) is 5.56. The van der Waals surface area contributed by atoms with Gasteiger partial charge in [0.15, 0.2) is 11.6 Å². The summed E-state index contributed by atoms with van der Waals surface area (Å²) < 4.78 is 22.8. The quantitative estimate of drug-likeness (QED) is 0.702. The lowest BCUT2D eigenvalue weighted by Gasteiger charge is -2.23. The fourth-order valence-corrected chi connectivity index (χ4v) is 2.41. The van der Waals surface area contributed by atoms with Crippen molar-refractivity contribution in [3.8, 4) is 0 Å². The highest BCUT2D eigenvalue weighted by molar-refractivity contribution is 6.18. The van der Waals surface area contributed by atoms with Gasteiger partial charge in [-0.2, -0.15) is 0 Å². The largest absolute Gasteiger partial charge is 0.348 e. The van der Waals surface area contributed by atoms with E-state index < -0.39 is 11.6 Å². The maximum Gasteiger partial charge on any atom is 0.163 e. The van der Waals surface area contributed by atoms with Crippen LogP contribution in [-0.2, 0) is 18.9 Å². The fraction of sp³-hybridized carbons (Fsp3) is 1.00. The molecule has 2 aliphatic heterocycles. The Morgan fingerprint density at radius 3 is 2.25 bits per heavy atom. The molecule has 0 saturated carbocycles. The number of alkyl halides is 1. The molecule has 0 aliphatic carbocycles. The molecule has 16 heavy (non-hydrogen) atoms. The van der Waals surface area contributed by atoms with Gasteiger partial charge in [0, 0.05) is 0 Å². The van der Waals surface area contributed by atoms with Gasteiger partial charge in [-0.25, -0.2) is 0 Å². The third-order valence-electron chi connectivity index (χ3n) is 2.77. The first-order chi connectivity index (χ1) is 7.33. The SMILES string of the molecule is CC1(C)O[C@@H]([C@H]2COC(C)(C)O2)[C@H](CCl)O1. The van der Waals surface area contributed by atoms with Crippen LogP contribution in [0.5, 0.6) is 0 Å². The molecular weight excluding hydrogens is 232 g/mol. The number of ether oxygens (including phenoxy) is 4. The van der Waals surface area contributed by atoms with E-state index in [-0.39, 0.29) is 18.3 Å². The van der Waals surface area contributed by atoms with Crippen LogP contribution in [0.1, 0.15) is 27.7 Å². The summed E-state index contributed by atoms with van der Waals surface area (Å²) in [6.45, 7) is 8.07. The topological polar surface area (TPSA) is 36.9 Å². The predicted molar refractivity (Wildman–Crippen MR) is 59.4 cm³/mol. The summed E-state index contributed by atoms with van der Waals surface area (Å²) in [5.74, 6) is -0.744. The molecule has 0 N–H and O–H groups in total. The fourth-order valence-electron chi connectivity index (χ4n) is 2.17. The Kier molecular flexibility index (Phi) is 3.23. The standard InChI is InChI=1S/C11H19ClO4/c1-10(2)13-6-8(15-10)9-7(5-12)14-11(3,4)16-9/h7-9H,5-6H2,1-4H3/t7-,8+,9+/m0/s1. The third kappa shape index (κ3) is 2.51. The number of hydrogen-bond donors (Lipinski definition) is 0. The van der Waals surface area contributed by atoms with Crippen molar-refractivity contribution in [3.63, 3.8) is 0 Å². The molecule has 94 valence electrons. The highest BCUT2D eigenvalue weighted by Crippen LogP contribution is 2.35. The van der Waals surface area contributed by atoms with Gasteiger partial charge in [-0.1, -0.05) is 0 Å². The van der Waals surface area contributed by atoms with Crippen LogP contribution in [0, 0.1) is 0 Å². The van der Waals surface area contributed by atoms with Gasteiger partial charge in [0.05, 0.1) is 12.5 Å². The van der Waals surface area contributed by atoms with Gasteiger partial charge in [0.2, 0.25) is 0 Å². The van der Waals surface area contributed by atoms with Crippen LogP contribution in [0.2, 0.25) is 0 Å². The molecule has 3 atom stereocenters. The smallest absolute Gasteiger partial charge is 0.163 e. The Hall–Kier alpha value is 0.130. The minimum atomic E-state index is -0.597. The molecule has 2 fully saturated rings. The van der Waals surface area contributed by atoms with E-state index in [4.69, 9.17) is 30.5 Å². The van der Waals surface area contributed by atoms with Crippen molar-refractivity contribution < 1.29 is 18.9 Å². The molecular formula is C11H19ClO4. The molecule has 0 radical (unpaired) electrons. The molecule has 4 nitrogen and oxygen atoms in total. The summed E-state index contributed by atoms with van der Waals surface area (Å²) in [5, 5.41) is 0. The van der Waals surface area contributed by atoms with Gasteiger partial charge in [-0.05, 0) is 27.7 Å². The molecule has 0 unspecified atom stereocenters. The molecule has 0 spiro atoms. The van der Waals surface area contributed by atoms with Gasteiger partial charge >= 0.3 is 0 Å². The number of hydrogen-bond acceptors (Lipinski definition) is 4. The maximum atomic E-state index is 5.88.